The van der Waals surface area contributed by atoms with E-state index < -0.39 is 0 Å². The van der Waals surface area contributed by atoms with Crippen LogP contribution in [0.5, 0.6) is 11.5 Å². The van der Waals surface area contributed by atoms with Gasteiger partial charge in [0.25, 0.3) is 0 Å². The molecule has 0 aromatic heterocycles. The number of ketones is 2. The first-order valence-corrected chi connectivity index (χ1v) is 9.88. The number of benzene rings is 2. The molecule has 6 rings (SSSR count). The maximum atomic E-state index is 11.5. The minimum absolute atomic E-state index is 0.0547. The third-order valence-electron chi connectivity index (χ3n) is 5.61. The lowest BCUT2D eigenvalue weighted by atomic mass is 9.98. The van der Waals surface area contributed by atoms with Crippen molar-refractivity contribution in [2.45, 2.75) is 27.0 Å². The van der Waals surface area contributed by atoms with Crippen LogP contribution < -0.4 is 14.8 Å². The van der Waals surface area contributed by atoms with Crippen molar-refractivity contribution in [2.24, 2.45) is 0 Å². The fourth-order valence-corrected chi connectivity index (χ4v) is 4.05. The summed E-state index contributed by atoms with van der Waals surface area (Å²) in [4.78, 5) is 22.9. The average Bonchev–Trinajstić information content (AvgIpc) is 3.31. The smallest absolute Gasteiger partial charge is 0.203 e. The van der Waals surface area contributed by atoms with Crippen LogP contribution in [-0.4, -0.2) is 24.8 Å². The molecule has 0 amide bonds. The van der Waals surface area contributed by atoms with Crippen LogP contribution in [0.3, 0.4) is 0 Å². The molecule has 4 heterocycles. The van der Waals surface area contributed by atoms with Crippen LogP contribution in [0.25, 0.3) is 12.2 Å². The predicted octanol–water partition coefficient (Wildman–Crippen LogP) is 3.88. The standard InChI is InChI=1S/C12H11NO2.C12H10O3/c1-7-4-8-2-3-9-11(14)6-15-12(9)10(8)5-13-7;1-7-4-8-2-3-9-11(13)6-15-12(9)10(8)5-14-7/h2-4,13H,5-6H2,1H3;2-4H,5-6H2,1H3. The molecule has 6 nitrogen and oxygen atoms in total. The molecule has 4 aliphatic heterocycles. The number of carbonyl (C=O) groups is 2. The number of ether oxygens (including phenoxy) is 3. The monoisotopic (exact) mass is 403 g/mol. The maximum absolute atomic E-state index is 11.5. The first-order chi connectivity index (χ1) is 14.5. The Balaban J connectivity index is 0.000000128. The number of rotatable bonds is 0. The SMILES string of the molecule is CC1=Cc2ccc3c(c2CN1)OCC3=O.CC1=Cc2ccc3c(c2CO1)OCC3=O. The molecule has 2 aromatic carbocycles. The van der Waals surface area contributed by atoms with E-state index in [0.717, 1.165) is 51.6 Å². The molecule has 2 aromatic rings. The van der Waals surface area contributed by atoms with Gasteiger partial charge in [-0.25, -0.2) is 0 Å². The van der Waals surface area contributed by atoms with Crippen molar-refractivity contribution < 1.29 is 23.8 Å². The van der Waals surface area contributed by atoms with Crippen LogP contribution in [-0.2, 0) is 17.9 Å². The number of carbonyl (C=O) groups excluding carboxylic acids is 2. The number of fused-ring (bicyclic) bond motifs is 6. The lowest BCUT2D eigenvalue weighted by Crippen LogP contribution is -2.16. The molecule has 0 spiro atoms. The lowest BCUT2D eigenvalue weighted by molar-refractivity contribution is 0.0953. The van der Waals surface area contributed by atoms with Crippen molar-refractivity contribution >= 4 is 23.7 Å². The van der Waals surface area contributed by atoms with E-state index >= 15 is 0 Å². The van der Waals surface area contributed by atoms with E-state index in [4.69, 9.17) is 14.2 Å². The van der Waals surface area contributed by atoms with E-state index in [2.05, 4.69) is 11.4 Å². The quantitative estimate of drug-likeness (QED) is 0.720. The number of nitrogens with one attached hydrogen (secondary N) is 1. The number of Topliss-reactive ketones (excluding diaryl/α,β-unsaturated/α-hetero) is 2. The van der Waals surface area contributed by atoms with E-state index in [0.29, 0.717) is 17.9 Å². The molecule has 152 valence electrons. The second-order valence-corrected chi connectivity index (χ2v) is 7.67. The molecule has 0 aliphatic carbocycles. The summed E-state index contributed by atoms with van der Waals surface area (Å²) in [6, 6.07) is 7.63. The van der Waals surface area contributed by atoms with Crippen molar-refractivity contribution in [1.82, 2.24) is 5.32 Å². The summed E-state index contributed by atoms with van der Waals surface area (Å²) in [5, 5.41) is 3.25. The summed E-state index contributed by atoms with van der Waals surface area (Å²) in [5.74, 6) is 2.51. The Labute approximate surface area is 174 Å². The number of allylic oxidation sites excluding steroid dienone is 2. The van der Waals surface area contributed by atoms with Crippen molar-refractivity contribution in [1.29, 1.82) is 0 Å². The van der Waals surface area contributed by atoms with E-state index in [-0.39, 0.29) is 24.8 Å². The zero-order valence-electron chi connectivity index (χ0n) is 16.8. The minimum atomic E-state index is 0.0547. The highest BCUT2D eigenvalue weighted by atomic mass is 16.5. The van der Waals surface area contributed by atoms with Crippen molar-refractivity contribution in [3.63, 3.8) is 0 Å². The van der Waals surface area contributed by atoms with Gasteiger partial charge in [-0.1, -0.05) is 12.1 Å². The highest BCUT2D eigenvalue weighted by molar-refractivity contribution is 6.03. The van der Waals surface area contributed by atoms with Crippen LogP contribution in [0.15, 0.2) is 35.7 Å². The lowest BCUT2D eigenvalue weighted by Gasteiger charge is -2.18. The molecule has 0 atom stereocenters. The van der Waals surface area contributed by atoms with Gasteiger partial charge in [-0.2, -0.15) is 0 Å². The van der Waals surface area contributed by atoms with Gasteiger partial charge in [-0.3, -0.25) is 9.59 Å². The predicted molar refractivity (Wildman–Crippen MR) is 111 cm³/mol. The molecule has 0 radical (unpaired) electrons. The van der Waals surface area contributed by atoms with Gasteiger partial charge in [0.1, 0.15) is 18.1 Å². The van der Waals surface area contributed by atoms with Gasteiger partial charge in [-0.15, -0.1) is 0 Å². The van der Waals surface area contributed by atoms with Crippen LogP contribution in [0.2, 0.25) is 0 Å². The van der Waals surface area contributed by atoms with Gasteiger partial charge >= 0.3 is 0 Å². The van der Waals surface area contributed by atoms with Gasteiger partial charge in [0.05, 0.1) is 16.9 Å². The Morgan fingerprint density at radius 2 is 1.33 bits per heavy atom. The number of hydrogen-bond acceptors (Lipinski definition) is 6. The molecule has 30 heavy (non-hydrogen) atoms. The summed E-state index contributed by atoms with van der Waals surface area (Å²) in [7, 11) is 0. The normalized spacial score (nSPS) is 17.4. The summed E-state index contributed by atoms with van der Waals surface area (Å²) >= 11 is 0. The zero-order valence-corrected chi connectivity index (χ0v) is 16.8. The largest absolute Gasteiger partial charge is 0.493 e. The fourth-order valence-electron chi connectivity index (χ4n) is 4.05. The van der Waals surface area contributed by atoms with Gasteiger partial charge in [0.2, 0.25) is 11.6 Å². The van der Waals surface area contributed by atoms with Crippen molar-refractivity contribution in [3.05, 3.63) is 69.1 Å². The molecule has 0 saturated carbocycles. The van der Waals surface area contributed by atoms with Crippen molar-refractivity contribution in [2.75, 3.05) is 13.2 Å². The van der Waals surface area contributed by atoms with Crippen LogP contribution in [0.1, 0.15) is 56.8 Å². The molecule has 6 heteroatoms. The van der Waals surface area contributed by atoms with Gasteiger partial charge in [0.15, 0.2) is 13.2 Å². The third-order valence-corrected chi connectivity index (χ3v) is 5.61. The highest BCUT2D eigenvalue weighted by Gasteiger charge is 2.27. The van der Waals surface area contributed by atoms with Crippen LogP contribution in [0.4, 0.5) is 0 Å². The Kier molecular flexibility index (Phi) is 4.35. The minimum Gasteiger partial charge on any atom is -0.493 e. The second-order valence-electron chi connectivity index (χ2n) is 7.67. The van der Waals surface area contributed by atoms with Gasteiger partial charge in [-0.05, 0) is 49.3 Å². The molecule has 0 unspecified atom stereocenters. The molecule has 1 N–H and O–H groups in total. The molecule has 0 bridgehead atoms. The van der Waals surface area contributed by atoms with Gasteiger partial charge < -0.3 is 19.5 Å². The maximum Gasteiger partial charge on any atom is 0.203 e. The summed E-state index contributed by atoms with van der Waals surface area (Å²) in [6.07, 6.45) is 4.04. The Bertz CT molecular complexity index is 1070. The van der Waals surface area contributed by atoms with E-state index in [1.165, 1.54) is 0 Å². The summed E-state index contributed by atoms with van der Waals surface area (Å²) in [5.41, 5.74) is 6.89. The third kappa shape index (κ3) is 3.05. The Morgan fingerprint density at radius 1 is 0.733 bits per heavy atom. The summed E-state index contributed by atoms with van der Waals surface area (Å²) in [6.45, 7) is 5.54. The average molecular weight is 403 g/mol. The van der Waals surface area contributed by atoms with Crippen LogP contribution in [0, 0.1) is 0 Å². The fraction of sp³-hybridized carbons (Fsp3) is 0.250. The summed E-state index contributed by atoms with van der Waals surface area (Å²) < 4.78 is 16.2. The van der Waals surface area contributed by atoms with E-state index in [1.807, 2.05) is 44.2 Å². The van der Waals surface area contributed by atoms with E-state index in [9.17, 15) is 9.59 Å². The first kappa shape index (κ1) is 18.5. The Hall–Kier alpha value is -3.54. The van der Waals surface area contributed by atoms with E-state index in [1.54, 1.807) is 0 Å². The topological polar surface area (TPSA) is 73.9 Å². The molecule has 0 fully saturated rings. The molecular weight excluding hydrogens is 382 g/mol. The number of hydrogen-bond donors (Lipinski definition) is 1. The molecular formula is C24H21NO5. The molecule has 4 aliphatic rings. The second kappa shape index (κ2) is 7.06. The van der Waals surface area contributed by atoms with Crippen molar-refractivity contribution in [3.8, 4) is 11.5 Å². The van der Waals surface area contributed by atoms with Crippen LogP contribution >= 0.6 is 0 Å². The Morgan fingerprint density at radius 3 is 2.00 bits per heavy atom. The first-order valence-electron chi connectivity index (χ1n) is 9.88. The van der Waals surface area contributed by atoms with Gasteiger partial charge in [0, 0.05) is 23.4 Å². The zero-order chi connectivity index (χ0) is 20.8. The molecule has 0 saturated heterocycles. The highest BCUT2D eigenvalue weighted by Crippen LogP contribution is 2.36.